The molecule has 18 nitrogen and oxygen atoms in total. The van der Waals surface area contributed by atoms with Crippen molar-refractivity contribution in [2.24, 2.45) is 0 Å². The fourth-order valence-electron chi connectivity index (χ4n) is 4.84. The van der Waals surface area contributed by atoms with Crippen molar-refractivity contribution in [2.75, 3.05) is 32.8 Å². The lowest BCUT2D eigenvalue weighted by Gasteiger charge is -2.37. The van der Waals surface area contributed by atoms with Crippen LogP contribution in [0.1, 0.15) is 47.2 Å². The molecule has 45 heavy (non-hydrogen) atoms. The van der Waals surface area contributed by atoms with Gasteiger partial charge in [-0.2, -0.15) is 5.10 Å². The second-order valence-corrected chi connectivity index (χ2v) is 12.3. The van der Waals surface area contributed by atoms with Gasteiger partial charge in [0.15, 0.2) is 11.9 Å². The third kappa shape index (κ3) is 7.83. The largest absolute Gasteiger partial charge is 0.468 e. The molecule has 0 aromatic carbocycles. The van der Waals surface area contributed by atoms with Crippen LogP contribution in [0, 0.1) is 0 Å². The summed E-state index contributed by atoms with van der Waals surface area (Å²) in [5, 5.41) is 11.9. The normalized spacial score (nSPS) is 22.7. The van der Waals surface area contributed by atoms with Gasteiger partial charge >= 0.3 is 31.5 Å². The van der Waals surface area contributed by atoms with Gasteiger partial charge in [-0.25, -0.2) is 19.7 Å². The van der Waals surface area contributed by atoms with Crippen molar-refractivity contribution in [2.45, 2.75) is 70.9 Å². The molecule has 2 aromatic rings. The number of hydrogen-bond acceptors (Lipinski definition) is 14. The molecule has 0 radical (unpaired) electrons. The number of aromatic nitrogens is 3. The molecular formula is C26H37N6O12P. The summed E-state index contributed by atoms with van der Waals surface area (Å²) in [6, 6.07) is 0.774. The minimum absolute atomic E-state index is 0.160. The van der Waals surface area contributed by atoms with E-state index in [2.05, 4.69) is 25.6 Å². The van der Waals surface area contributed by atoms with Crippen LogP contribution in [0.5, 0.6) is 0 Å². The number of rotatable bonds is 13. The van der Waals surface area contributed by atoms with Crippen LogP contribution in [0.3, 0.4) is 0 Å². The van der Waals surface area contributed by atoms with E-state index in [4.69, 9.17) is 28.2 Å². The highest BCUT2D eigenvalue weighted by Gasteiger charge is 2.64. The van der Waals surface area contributed by atoms with Gasteiger partial charge in [0.2, 0.25) is 11.5 Å². The van der Waals surface area contributed by atoms with Crippen molar-refractivity contribution < 1.29 is 56.7 Å². The summed E-state index contributed by atoms with van der Waals surface area (Å²) in [7, 11) is -2.03. The molecule has 1 saturated heterocycles. The summed E-state index contributed by atoms with van der Waals surface area (Å²) < 4.78 is 48.2. The standard InChI is InChI=1S/C26H37N6O12P/c1-14(22(36)39-7)30-45(38,31-15(2)23(37)40-8)42-11-25(6)24(43-17(4)34)26(12-41-25,44-18(5)35)20-10-9-19-21(29-16(3)33)27-13-28-32(19)20/h9-10,13-15,24H,11-12H2,1-8H3,(H2,30,31,38)(H,27,28,29,33)/t14-,15-,24+,25+,26+/m0/s1. The molecule has 5 atom stereocenters. The molecule has 19 heteroatoms. The van der Waals surface area contributed by atoms with Crippen LogP contribution in [-0.4, -0.2) is 95.6 Å². The van der Waals surface area contributed by atoms with E-state index in [0.29, 0.717) is 5.52 Å². The number of ether oxygens (including phenoxy) is 5. The summed E-state index contributed by atoms with van der Waals surface area (Å²) in [5.74, 6) is -3.33. The maximum Gasteiger partial charge on any atom is 0.342 e. The molecule has 0 unspecified atom stereocenters. The predicted octanol–water partition coefficient (Wildman–Crippen LogP) is 0.594. The molecule has 3 heterocycles. The molecule has 1 aliphatic rings. The molecule has 1 fully saturated rings. The molecule has 0 aliphatic carbocycles. The molecule has 1 amide bonds. The zero-order chi connectivity index (χ0) is 33.7. The van der Waals surface area contributed by atoms with Crippen molar-refractivity contribution in [1.82, 2.24) is 24.8 Å². The smallest absolute Gasteiger partial charge is 0.342 e. The average Bonchev–Trinajstić information content (AvgIpc) is 3.51. The van der Waals surface area contributed by atoms with E-state index in [1.807, 2.05) is 0 Å². The van der Waals surface area contributed by atoms with Crippen LogP contribution in [0.2, 0.25) is 0 Å². The van der Waals surface area contributed by atoms with Crippen molar-refractivity contribution in [3.8, 4) is 0 Å². The van der Waals surface area contributed by atoms with Crippen LogP contribution in [0.25, 0.3) is 5.52 Å². The summed E-state index contributed by atoms with van der Waals surface area (Å²) in [6.45, 7) is 6.80. The van der Waals surface area contributed by atoms with Crippen LogP contribution in [0.15, 0.2) is 18.5 Å². The van der Waals surface area contributed by atoms with E-state index in [0.717, 1.165) is 28.1 Å². The molecule has 0 spiro atoms. The molecular weight excluding hydrogens is 619 g/mol. The zero-order valence-corrected chi connectivity index (χ0v) is 27.0. The first-order chi connectivity index (χ1) is 21.0. The summed E-state index contributed by atoms with van der Waals surface area (Å²) >= 11 is 0. The number of fused-ring (bicyclic) bond motifs is 1. The lowest BCUT2D eigenvalue weighted by atomic mass is 9.86. The summed E-state index contributed by atoms with van der Waals surface area (Å²) in [6.07, 6.45) is -0.269. The van der Waals surface area contributed by atoms with Crippen molar-refractivity contribution in [3.05, 3.63) is 24.2 Å². The van der Waals surface area contributed by atoms with Gasteiger partial charge in [0.1, 0.15) is 29.5 Å². The number of hydrogen-bond donors (Lipinski definition) is 3. The maximum atomic E-state index is 14.0. The van der Waals surface area contributed by atoms with E-state index in [-0.39, 0.29) is 11.5 Å². The maximum absolute atomic E-state index is 14.0. The number of nitrogens with one attached hydrogen (secondary N) is 3. The number of esters is 4. The predicted molar refractivity (Wildman–Crippen MR) is 153 cm³/mol. The quantitative estimate of drug-likeness (QED) is 0.152. The van der Waals surface area contributed by atoms with E-state index >= 15 is 0 Å². The Kier molecular flexibility index (Phi) is 11.0. The molecule has 3 rings (SSSR count). The summed E-state index contributed by atoms with van der Waals surface area (Å²) in [5.41, 5.74) is -2.99. The van der Waals surface area contributed by atoms with Gasteiger partial charge in [0.05, 0.1) is 33.1 Å². The third-order valence-corrected chi connectivity index (χ3v) is 8.70. The topological polar surface area (TPSA) is 224 Å². The monoisotopic (exact) mass is 656 g/mol. The number of amides is 1. The Balaban J connectivity index is 2.09. The molecule has 3 N–H and O–H groups in total. The molecule has 0 saturated carbocycles. The first-order valence-corrected chi connectivity index (χ1v) is 15.2. The number of methoxy groups -OCH3 is 2. The lowest BCUT2D eigenvalue weighted by molar-refractivity contribution is -0.186. The van der Waals surface area contributed by atoms with E-state index < -0.39 is 80.1 Å². The number of nitrogens with zero attached hydrogens (tertiary/aromatic N) is 3. The first kappa shape index (κ1) is 35.5. The van der Waals surface area contributed by atoms with Gasteiger partial charge in [-0.15, -0.1) is 0 Å². The summed E-state index contributed by atoms with van der Waals surface area (Å²) in [4.78, 5) is 65.1. The fraction of sp³-hybridized carbons (Fsp3) is 0.577. The average molecular weight is 657 g/mol. The molecule has 1 aliphatic heterocycles. The fourth-order valence-corrected chi connectivity index (χ4v) is 6.73. The van der Waals surface area contributed by atoms with Crippen molar-refractivity contribution in [1.29, 1.82) is 0 Å². The number of carbonyl (C=O) groups excluding carboxylic acids is 5. The number of carbonyl (C=O) groups is 5. The Hall–Kier alpha value is -3.96. The highest BCUT2D eigenvalue weighted by atomic mass is 31.2. The van der Waals surface area contributed by atoms with Gasteiger partial charge in [-0.1, -0.05) is 0 Å². The highest BCUT2D eigenvalue weighted by Crippen LogP contribution is 2.49. The van der Waals surface area contributed by atoms with E-state index in [9.17, 15) is 28.5 Å². The second-order valence-electron chi connectivity index (χ2n) is 10.5. The van der Waals surface area contributed by atoms with Crippen molar-refractivity contribution >= 4 is 48.8 Å². The minimum atomic E-state index is -4.31. The van der Waals surface area contributed by atoms with Gasteiger partial charge in [0, 0.05) is 20.8 Å². The Morgan fingerprint density at radius 1 is 1.04 bits per heavy atom. The molecule has 0 bridgehead atoms. The highest BCUT2D eigenvalue weighted by molar-refractivity contribution is 7.54. The van der Waals surface area contributed by atoms with Gasteiger partial charge in [0.25, 0.3) is 0 Å². The zero-order valence-electron chi connectivity index (χ0n) is 26.1. The van der Waals surface area contributed by atoms with Gasteiger partial charge < -0.3 is 33.5 Å². The van der Waals surface area contributed by atoms with Gasteiger partial charge in [-0.05, 0) is 32.9 Å². The minimum Gasteiger partial charge on any atom is -0.468 e. The second kappa shape index (κ2) is 14.0. The van der Waals surface area contributed by atoms with Crippen LogP contribution < -0.4 is 15.5 Å². The Morgan fingerprint density at radius 2 is 1.64 bits per heavy atom. The lowest BCUT2D eigenvalue weighted by Crippen LogP contribution is -2.54. The Bertz CT molecular complexity index is 1490. The van der Waals surface area contributed by atoms with E-state index in [1.54, 1.807) is 6.07 Å². The Morgan fingerprint density at radius 3 is 2.16 bits per heavy atom. The SMILES string of the molecule is COC(=O)[C@H](C)NP(=O)(N[C@@H](C)C(=O)OC)OC[C@@]1(C)OC[C@@](OC(C)=O)(c2ccc3c(NC(C)=O)ncnn23)[C@@H]1OC(C)=O. The van der Waals surface area contributed by atoms with Crippen LogP contribution in [0.4, 0.5) is 5.82 Å². The molecule has 2 aromatic heterocycles. The van der Waals surface area contributed by atoms with Crippen molar-refractivity contribution in [3.63, 3.8) is 0 Å². The van der Waals surface area contributed by atoms with Crippen LogP contribution in [-0.2, 0) is 62.3 Å². The molecule has 248 valence electrons. The van der Waals surface area contributed by atoms with Crippen LogP contribution >= 0.6 is 7.67 Å². The first-order valence-electron chi connectivity index (χ1n) is 13.6. The Labute approximate surface area is 258 Å². The van der Waals surface area contributed by atoms with Gasteiger partial charge in [-0.3, -0.25) is 28.5 Å². The van der Waals surface area contributed by atoms with E-state index in [1.165, 1.54) is 44.6 Å². The number of anilines is 1. The third-order valence-electron chi connectivity index (χ3n) is 6.75.